The molecule has 3 nitrogen and oxygen atoms in total. The van der Waals surface area contributed by atoms with Gasteiger partial charge in [0.2, 0.25) is 0 Å². The Bertz CT molecular complexity index is 206. The molecule has 0 aromatic carbocycles. The molecule has 1 aliphatic carbocycles. The van der Waals surface area contributed by atoms with Crippen molar-refractivity contribution in [3.8, 4) is 0 Å². The normalized spacial score (nSPS) is 21.2. The standard InChI is InChI=1S/C9H12O3/c10-9(11)6-7-12-8-4-2-1-3-5-8/h1-4,8H,5-7H2,(H,10,11). The summed E-state index contributed by atoms with van der Waals surface area (Å²) in [5.41, 5.74) is 0. The Kier molecular flexibility index (Phi) is 3.54. The van der Waals surface area contributed by atoms with Crippen LogP contribution in [0.2, 0.25) is 0 Å². The number of carboxylic acid groups (broad SMARTS) is 1. The average Bonchev–Trinajstić information content (AvgIpc) is 2.05. The molecule has 3 heteroatoms. The van der Waals surface area contributed by atoms with Gasteiger partial charge in [0.05, 0.1) is 19.1 Å². The van der Waals surface area contributed by atoms with E-state index in [1.54, 1.807) is 0 Å². The van der Waals surface area contributed by atoms with Crippen molar-refractivity contribution in [2.24, 2.45) is 0 Å². The third kappa shape index (κ3) is 3.34. The van der Waals surface area contributed by atoms with E-state index in [4.69, 9.17) is 9.84 Å². The van der Waals surface area contributed by atoms with Gasteiger partial charge in [0.25, 0.3) is 0 Å². The monoisotopic (exact) mass is 168 g/mol. The first-order valence-electron chi connectivity index (χ1n) is 3.96. The Labute approximate surface area is 71.3 Å². The van der Waals surface area contributed by atoms with Crippen molar-refractivity contribution in [1.82, 2.24) is 0 Å². The maximum absolute atomic E-state index is 10.1. The summed E-state index contributed by atoms with van der Waals surface area (Å²) in [6.07, 6.45) is 8.79. The molecule has 66 valence electrons. The van der Waals surface area contributed by atoms with Gasteiger partial charge in [-0.2, -0.15) is 0 Å². The van der Waals surface area contributed by atoms with Crippen molar-refractivity contribution < 1.29 is 14.6 Å². The highest BCUT2D eigenvalue weighted by molar-refractivity contribution is 5.66. The number of aliphatic carboxylic acids is 1. The fourth-order valence-electron chi connectivity index (χ4n) is 0.979. The lowest BCUT2D eigenvalue weighted by atomic mass is 10.1. The minimum absolute atomic E-state index is 0.0642. The molecule has 0 radical (unpaired) electrons. The maximum atomic E-state index is 10.1. The first kappa shape index (κ1) is 9.00. The molecule has 0 aliphatic heterocycles. The smallest absolute Gasteiger partial charge is 0.305 e. The molecule has 1 unspecified atom stereocenters. The molecular formula is C9H12O3. The lowest BCUT2D eigenvalue weighted by molar-refractivity contribution is -0.138. The van der Waals surface area contributed by atoms with Crippen LogP contribution in [-0.2, 0) is 9.53 Å². The van der Waals surface area contributed by atoms with Gasteiger partial charge in [0.15, 0.2) is 0 Å². The molecule has 0 saturated heterocycles. The average molecular weight is 168 g/mol. The summed E-state index contributed by atoms with van der Waals surface area (Å²) in [6.45, 7) is 0.290. The molecule has 0 bridgehead atoms. The zero-order chi connectivity index (χ0) is 8.81. The first-order chi connectivity index (χ1) is 5.79. The molecular weight excluding hydrogens is 156 g/mol. The number of ether oxygens (including phenoxy) is 1. The predicted molar refractivity (Wildman–Crippen MR) is 44.9 cm³/mol. The van der Waals surface area contributed by atoms with E-state index in [-0.39, 0.29) is 19.1 Å². The van der Waals surface area contributed by atoms with E-state index in [0.717, 1.165) is 6.42 Å². The van der Waals surface area contributed by atoms with Gasteiger partial charge in [-0.25, -0.2) is 0 Å². The zero-order valence-electron chi connectivity index (χ0n) is 6.77. The van der Waals surface area contributed by atoms with Crippen LogP contribution < -0.4 is 0 Å². The SMILES string of the molecule is O=C(O)CCOC1C=CC=CC1. The number of hydrogen-bond acceptors (Lipinski definition) is 2. The van der Waals surface area contributed by atoms with E-state index in [2.05, 4.69) is 0 Å². The maximum Gasteiger partial charge on any atom is 0.305 e. The van der Waals surface area contributed by atoms with Gasteiger partial charge in [-0.1, -0.05) is 24.3 Å². The number of allylic oxidation sites excluding steroid dienone is 2. The minimum atomic E-state index is -0.815. The van der Waals surface area contributed by atoms with E-state index in [9.17, 15) is 4.79 Å². The molecule has 0 saturated carbocycles. The molecule has 1 aliphatic rings. The fraction of sp³-hybridized carbons (Fsp3) is 0.444. The molecule has 0 aromatic heterocycles. The Morgan fingerprint density at radius 2 is 2.42 bits per heavy atom. The summed E-state index contributed by atoms with van der Waals surface area (Å²) in [5, 5.41) is 8.33. The highest BCUT2D eigenvalue weighted by Gasteiger charge is 2.05. The number of carbonyl (C=O) groups is 1. The van der Waals surface area contributed by atoms with Crippen LogP contribution in [0.25, 0.3) is 0 Å². The van der Waals surface area contributed by atoms with Crippen molar-refractivity contribution in [3.63, 3.8) is 0 Å². The molecule has 1 atom stereocenters. The third-order valence-electron chi connectivity index (χ3n) is 1.59. The van der Waals surface area contributed by atoms with Crippen LogP contribution in [0.3, 0.4) is 0 Å². The summed E-state index contributed by atoms with van der Waals surface area (Å²) < 4.78 is 5.27. The second kappa shape index (κ2) is 4.72. The van der Waals surface area contributed by atoms with Gasteiger partial charge in [0.1, 0.15) is 0 Å². The number of carboxylic acids is 1. The summed E-state index contributed by atoms with van der Waals surface area (Å²) >= 11 is 0. The molecule has 0 fully saturated rings. The van der Waals surface area contributed by atoms with Crippen molar-refractivity contribution >= 4 is 5.97 Å². The van der Waals surface area contributed by atoms with Crippen molar-refractivity contribution in [3.05, 3.63) is 24.3 Å². The largest absolute Gasteiger partial charge is 0.481 e. The molecule has 0 aromatic rings. The van der Waals surface area contributed by atoms with Crippen LogP contribution in [0.4, 0.5) is 0 Å². The molecule has 1 N–H and O–H groups in total. The second-order valence-electron chi connectivity index (χ2n) is 2.60. The molecule has 0 heterocycles. The highest BCUT2D eigenvalue weighted by Crippen LogP contribution is 2.07. The van der Waals surface area contributed by atoms with E-state index in [1.165, 1.54) is 0 Å². The zero-order valence-corrected chi connectivity index (χ0v) is 6.77. The lowest BCUT2D eigenvalue weighted by Crippen LogP contribution is -2.13. The van der Waals surface area contributed by atoms with Crippen LogP contribution in [-0.4, -0.2) is 23.8 Å². The van der Waals surface area contributed by atoms with E-state index < -0.39 is 5.97 Å². The molecule has 12 heavy (non-hydrogen) atoms. The number of hydrogen-bond donors (Lipinski definition) is 1. The minimum Gasteiger partial charge on any atom is -0.481 e. The first-order valence-corrected chi connectivity index (χ1v) is 3.96. The summed E-state index contributed by atoms with van der Waals surface area (Å²) in [4.78, 5) is 10.1. The summed E-state index contributed by atoms with van der Waals surface area (Å²) in [6, 6.07) is 0. The van der Waals surface area contributed by atoms with Gasteiger partial charge in [-0.3, -0.25) is 4.79 Å². The Hall–Kier alpha value is -1.09. The third-order valence-corrected chi connectivity index (χ3v) is 1.59. The predicted octanol–water partition coefficient (Wildman–Crippen LogP) is 1.36. The molecule has 1 rings (SSSR count). The van der Waals surface area contributed by atoms with E-state index in [1.807, 2.05) is 24.3 Å². The quantitative estimate of drug-likeness (QED) is 0.689. The van der Waals surface area contributed by atoms with Crippen LogP contribution in [0.5, 0.6) is 0 Å². The second-order valence-corrected chi connectivity index (χ2v) is 2.60. The van der Waals surface area contributed by atoms with E-state index in [0.29, 0.717) is 0 Å². The Balaban J connectivity index is 2.11. The summed E-state index contributed by atoms with van der Waals surface area (Å²) in [7, 11) is 0. The number of rotatable bonds is 4. The Morgan fingerprint density at radius 3 is 3.00 bits per heavy atom. The molecule has 0 spiro atoms. The van der Waals surface area contributed by atoms with E-state index >= 15 is 0 Å². The van der Waals surface area contributed by atoms with Crippen LogP contribution in [0, 0.1) is 0 Å². The van der Waals surface area contributed by atoms with Gasteiger partial charge in [-0.05, 0) is 6.42 Å². The van der Waals surface area contributed by atoms with Crippen LogP contribution in [0.15, 0.2) is 24.3 Å². The topological polar surface area (TPSA) is 46.5 Å². The van der Waals surface area contributed by atoms with Crippen molar-refractivity contribution in [2.75, 3.05) is 6.61 Å². The van der Waals surface area contributed by atoms with Crippen LogP contribution in [0.1, 0.15) is 12.8 Å². The van der Waals surface area contributed by atoms with Crippen molar-refractivity contribution in [2.45, 2.75) is 18.9 Å². The Morgan fingerprint density at radius 1 is 1.58 bits per heavy atom. The highest BCUT2D eigenvalue weighted by atomic mass is 16.5. The lowest BCUT2D eigenvalue weighted by Gasteiger charge is -2.12. The fourth-order valence-corrected chi connectivity index (χ4v) is 0.979. The van der Waals surface area contributed by atoms with Gasteiger partial charge in [0, 0.05) is 0 Å². The van der Waals surface area contributed by atoms with Crippen LogP contribution >= 0.6 is 0 Å². The summed E-state index contributed by atoms with van der Waals surface area (Å²) in [5.74, 6) is -0.815. The van der Waals surface area contributed by atoms with Gasteiger partial charge >= 0.3 is 5.97 Å². The molecule has 0 amide bonds. The van der Waals surface area contributed by atoms with Crippen molar-refractivity contribution in [1.29, 1.82) is 0 Å². The van der Waals surface area contributed by atoms with Gasteiger partial charge < -0.3 is 9.84 Å². The van der Waals surface area contributed by atoms with Gasteiger partial charge in [-0.15, -0.1) is 0 Å².